The minimum Gasteiger partial charge on any atom is -0.574 e. The first-order chi connectivity index (χ1) is 38.7. The Morgan fingerprint density at radius 1 is 0.366 bits per heavy atom. The van der Waals surface area contributed by atoms with E-state index in [0.717, 1.165) is 24.3 Å². The largest absolute Gasteiger partial charge is 0.574 e. The molecule has 82 heavy (non-hydrogen) atoms. The van der Waals surface area contributed by atoms with Gasteiger partial charge in [-0.2, -0.15) is 0 Å². The summed E-state index contributed by atoms with van der Waals surface area (Å²) in [5.74, 6) is -21.5. The maximum Gasteiger partial charge on any atom is 0.348 e. The highest BCUT2D eigenvalue weighted by molar-refractivity contribution is 6.17. The normalized spacial score (nSPS) is 31.1. The molecule has 0 aromatic rings. The zero-order valence-electron chi connectivity index (χ0n) is 45.7. The molecular formula is C58H57O24-3. The molecule has 24 heteroatoms. The molecular weight excluding hydrogens is 1080 g/mol. The highest BCUT2D eigenvalue weighted by atomic mass is 16.8. The Bertz CT molecular complexity index is 3110. The van der Waals surface area contributed by atoms with Gasteiger partial charge in [-0.1, -0.05) is 79.9 Å². The fourth-order valence-electron chi connectivity index (χ4n) is 9.64. The van der Waals surface area contributed by atoms with Crippen molar-refractivity contribution in [3.63, 3.8) is 0 Å². The summed E-state index contributed by atoms with van der Waals surface area (Å²) in [5, 5.41) is 38.2. The first-order valence-electron chi connectivity index (χ1n) is 26.3. The number of cyclic esters (lactones) is 2. The van der Waals surface area contributed by atoms with Crippen molar-refractivity contribution in [2.24, 2.45) is 0 Å². The highest BCUT2D eigenvalue weighted by Gasteiger charge is 2.57. The van der Waals surface area contributed by atoms with Crippen LogP contribution >= 0.6 is 0 Å². The minimum absolute atomic E-state index is 0.207. The van der Waals surface area contributed by atoms with E-state index < -0.39 is 129 Å². The fourth-order valence-corrected chi connectivity index (χ4v) is 9.64. The molecule has 6 heterocycles. The monoisotopic (exact) mass is 1140 g/mol. The first kappa shape index (κ1) is 59.0. The molecule has 2 aliphatic carbocycles. The molecule has 0 aromatic heterocycles. The van der Waals surface area contributed by atoms with E-state index in [4.69, 9.17) is 56.8 Å². The zero-order chi connectivity index (χ0) is 59.6. The van der Waals surface area contributed by atoms with Crippen molar-refractivity contribution in [1.82, 2.24) is 0 Å². The summed E-state index contributed by atoms with van der Waals surface area (Å²) in [6.07, 6.45) is 15.2. The molecule has 24 nitrogen and oxygen atoms in total. The van der Waals surface area contributed by atoms with Gasteiger partial charge >= 0.3 is 53.7 Å². The van der Waals surface area contributed by atoms with Crippen LogP contribution in [0.25, 0.3) is 0 Å². The minimum atomic E-state index is -1.77. The van der Waals surface area contributed by atoms with Crippen LogP contribution in [0.15, 0.2) is 141 Å². The summed E-state index contributed by atoms with van der Waals surface area (Å²) < 4.78 is 65.7. The topological polar surface area (TPSA) is 334 Å². The molecule has 0 bridgehead atoms. The van der Waals surface area contributed by atoms with E-state index in [9.17, 15) is 58.5 Å². The van der Waals surface area contributed by atoms with E-state index in [2.05, 4.69) is 0 Å². The molecule has 4 spiro atoms. The third-order valence-electron chi connectivity index (χ3n) is 14.1. The van der Waals surface area contributed by atoms with Crippen molar-refractivity contribution in [2.75, 3.05) is 0 Å². The van der Waals surface area contributed by atoms with Crippen LogP contribution in [0.3, 0.4) is 0 Å². The van der Waals surface area contributed by atoms with E-state index >= 15 is 0 Å². The molecule has 0 radical (unpaired) electrons. The van der Waals surface area contributed by atoms with Crippen LogP contribution < -0.4 is 15.3 Å². The van der Waals surface area contributed by atoms with E-state index in [0.29, 0.717) is 42.4 Å². The Morgan fingerprint density at radius 2 is 0.598 bits per heavy atom. The summed E-state index contributed by atoms with van der Waals surface area (Å²) in [6.45, 7) is 11.3. The van der Waals surface area contributed by atoms with Gasteiger partial charge < -0.3 is 72.2 Å². The molecule has 2 unspecified atom stereocenters. The lowest BCUT2D eigenvalue weighted by Crippen LogP contribution is -2.56. The van der Waals surface area contributed by atoms with Crippen LogP contribution in [-0.4, -0.2) is 88.4 Å². The Hall–Kier alpha value is -9.09. The summed E-state index contributed by atoms with van der Waals surface area (Å²) in [5.41, 5.74) is -1.44. The predicted octanol–water partition coefficient (Wildman–Crippen LogP) is 3.97. The third-order valence-corrected chi connectivity index (χ3v) is 14.1. The molecule has 0 N–H and O–H groups in total. The van der Waals surface area contributed by atoms with E-state index in [1.54, 1.807) is 13.8 Å². The van der Waals surface area contributed by atoms with Gasteiger partial charge in [0.2, 0.25) is 0 Å². The number of carbonyl (C=O) groups excluding carboxylic acids is 9. The molecule has 8 aliphatic rings. The number of hydrogen-bond donors (Lipinski definition) is 0. The van der Waals surface area contributed by atoms with Crippen molar-refractivity contribution < 1.29 is 115 Å². The number of carbonyl (C=O) groups is 9. The van der Waals surface area contributed by atoms with Gasteiger partial charge in [-0.05, 0) is 83.9 Å². The Kier molecular flexibility index (Phi) is 16.4. The maximum atomic E-state index is 13.2. The van der Waals surface area contributed by atoms with Crippen LogP contribution in [0.2, 0.25) is 0 Å². The number of allylic oxidation sites excluding steroid dienone is 12. The molecule has 6 aliphatic heterocycles. The van der Waals surface area contributed by atoms with Gasteiger partial charge in [0.15, 0.2) is 17.4 Å². The second-order valence-corrected chi connectivity index (χ2v) is 20.8. The maximum absolute atomic E-state index is 13.2. The SMILES string of the molecule is CCCC1(C)OC(=O)C(/C=C/C(C)=C/C=C2C(=O)OC3(CCC4(CC3)OC(=O)C(=C/C=C(C)/C=C/C3=C([O-])OC5(CCC6(CC5)OC(=O)C(=C/C=C(C)/C=C/C5=C([O-])OC(C)(CCC)OC5=O)C(=O)O6)OC3=O)C(=O)O4)OC2=O)=C([O-])O1. The number of hydrogen-bond acceptors (Lipinski definition) is 24. The average molecular weight is 1140 g/mol. The molecule has 8 rings (SSSR count). The van der Waals surface area contributed by atoms with Crippen LogP contribution in [0, 0.1) is 0 Å². The van der Waals surface area contributed by atoms with Crippen molar-refractivity contribution in [3.05, 3.63) is 141 Å². The summed E-state index contributed by atoms with van der Waals surface area (Å²) in [4.78, 5) is 117. The number of ether oxygens (including phenoxy) is 12. The van der Waals surface area contributed by atoms with Crippen molar-refractivity contribution in [1.29, 1.82) is 0 Å². The lowest BCUT2D eigenvalue weighted by molar-refractivity contribution is -0.406. The van der Waals surface area contributed by atoms with E-state index in [1.165, 1.54) is 69.4 Å². The number of rotatable bonds is 13. The fraction of sp³-hybridized carbons (Fsp3) is 0.431. The lowest BCUT2D eigenvalue weighted by Gasteiger charge is -2.50. The Balaban J connectivity index is 0.809. The van der Waals surface area contributed by atoms with Crippen LogP contribution in [0.4, 0.5) is 0 Å². The van der Waals surface area contributed by atoms with Gasteiger partial charge in [0.1, 0.15) is 16.7 Å². The van der Waals surface area contributed by atoms with Crippen LogP contribution in [0.1, 0.15) is 126 Å². The second kappa shape index (κ2) is 22.8. The van der Waals surface area contributed by atoms with E-state index in [-0.39, 0.29) is 62.5 Å². The van der Waals surface area contributed by atoms with Gasteiger partial charge in [0, 0.05) is 51.4 Å². The van der Waals surface area contributed by atoms with E-state index in [1.807, 2.05) is 13.8 Å². The van der Waals surface area contributed by atoms with Gasteiger partial charge in [0.05, 0.1) is 34.6 Å². The van der Waals surface area contributed by atoms with Gasteiger partial charge in [-0.25, -0.2) is 43.2 Å². The van der Waals surface area contributed by atoms with Gasteiger partial charge in [0.25, 0.3) is 17.4 Å². The van der Waals surface area contributed by atoms with Crippen molar-refractivity contribution >= 4 is 53.7 Å². The summed E-state index contributed by atoms with van der Waals surface area (Å²) >= 11 is 0. The number of esters is 9. The molecule has 2 atom stereocenters. The molecule has 436 valence electrons. The molecule has 5 fully saturated rings. The molecule has 0 amide bonds. The second-order valence-electron chi connectivity index (χ2n) is 20.8. The molecule has 3 saturated heterocycles. The lowest BCUT2D eigenvalue weighted by atomic mass is 9.87. The quantitative estimate of drug-likeness (QED) is 0.0827. The van der Waals surface area contributed by atoms with Gasteiger partial charge in [-0.15, -0.1) is 0 Å². The highest BCUT2D eigenvalue weighted by Crippen LogP contribution is 2.47. The summed E-state index contributed by atoms with van der Waals surface area (Å²) in [7, 11) is 0. The average Bonchev–Trinajstić information content (AvgIpc) is 3.49. The first-order valence-corrected chi connectivity index (χ1v) is 26.3. The van der Waals surface area contributed by atoms with Gasteiger partial charge in [-0.3, -0.25) is 0 Å². The standard InChI is InChI=1S/C58H60O24/c1-8-22-53(6)71-41(59)35(42(60)72-53)16-10-32(3)12-18-37-45(63)75-55(76-46(37)64)24-28-57(29-25-55)79-49(67)39(50(68)80-57)20-14-34(5)15-21-40-51(69)81-58(82-52(40)70)30-26-56(27-31-58)77-47(65)38(48(66)78-56)19-13-33(4)11-17-36-43(61)73-54(7,23-9-2)74-44(36)62/h10-21,59,61,67H,8-9,22-31H2,1-7H3/p-3/b16-10+,17-11+,20-14+,32-12+,33-13+,34-15+,37-18?,38-19?,40-21?. The third kappa shape index (κ3) is 12.7. The van der Waals surface area contributed by atoms with Crippen molar-refractivity contribution in [2.45, 2.75) is 160 Å². The summed E-state index contributed by atoms with van der Waals surface area (Å²) in [6, 6.07) is 0. The van der Waals surface area contributed by atoms with Crippen LogP contribution in [-0.2, 0) is 100.0 Å². The molecule has 2 saturated carbocycles. The van der Waals surface area contributed by atoms with Crippen LogP contribution in [0.5, 0.6) is 0 Å². The zero-order valence-corrected chi connectivity index (χ0v) is 45.7. The molecule has 0 aromatic carbocycles. The Labute approximate surface area is 468 Å². The smallest absolute Gasteiger partial charge is 0.348 e. The van der Waals surface area contributed by atoms with Crippen molar-refractivity contribution in [3.8, 4) is 0 Å². The Morgan fingerprint density at radius 3 is 0.841 bits per heavy atom. The predicted molar refractivity (Wildman–Crippen MR) is 267 cm³/mol.